The minimum atomic E-state index is -2.74. The molecular weight excluding hydrogens is 528 g/mol. The lowest BCUT2D eigenvalue weighted by Gasteiger charge is -2.20. The molecule has 0 aromatic carbocycles. The summed E-state index contributed by atoms with van der Waals surface area (Å²) in [5.74, 6) is 0.184. The molecule has 0 radical (unpaired) electrons. The van der Waals surface area contributed by atoms with Gasteiger partial charge in [-0.3, -0.25) is 14.4 Å². The van der Waals surface area contributed by atoms with Crippen LogP contribution >= 0.6 is 0 Å². The number of Topliss-reactive ketones (excluding diaryl/α,β-unsaturated/α-hetero) is 1. The van der Waals surface area contributed by atoms with Gasteiger partial charge < -0.3 is 9.47 Å². The Morgan fingerprint density at radius 2 is 0.875 bits per heavy atom. The van der Waals surface area contributed by atoms with Gasteiger partial charge in [-0.05, 0) is 55.4 Å². The highest BCUT2D eigenvalue weighted by Crippen LogP contribution is 2.10. The molecule has 0 atom stereocenters. The van der Waals surface area contributed by atoms with E-state index in [4.69, 9.17) is 9.47 Å². The zero-order chi connectivity index (χ0) is 29.7. The third-order valence-electron chi connectivity index (χ3n) is 3.37. The highest BCUT2D eigenvalue weighted by atomic mass is 32.2. The Kier molecular flexibility index (Phi) is 59.3. The number of hydrogen-bond donors (Lipinski definition) is 0. The maximum Gasteiger partial charge on any atom is 0.308 e. The average molecular weight is 607 g/mol. The van der Waals surface area contributed by atoms with Crippen molar-refractivity contribution in [3.8, 4) is 0 Å². The summed E-state index contributed by atoms with van der Waals surface area (Å²) in [6, 6.07) is 0. The first-order chi connectivity index (χ1) is 15.4. The number of carbonyl (C=O) groups excluding carboxylic acids is 3. The molecule has 254 valence electrons. The molecule has 0 bridgehead atoms. The minimum Gasteiger partial charge on any atom is -0.463 e. The third-order valence-corrected chi connectivity index (χ3v) is 5.08. The topological polar surface area (TPSA) is 104 Å². The van der Waals surface area contributed by atoms with Crippen LogP contribution in [0.5, 0.6) is 0 Å². The van der Waals surface area contributed by atoms with E-state index < -0.39 is 9.84 Å². The Hall–Kier alpha value is -1.44. The van der Waals surface area contributed by atoms with E-state index in [1.165, 1.54) is 12.7 Å². The lowest BCUT2D eigenvalue weighted by atomic mass is 10.1. The summed E-state index contributed by atoms with van der Waals surface area (Å²) in [7, 11) is -2.74. The number of hydrogen-bond acceptors (Lipinski definition) is 7. The lowest BCUT2D eigenvalue weighted by molar-refractivity contribution is -0.158. The van der Waals surface area contributed by atoms with Crippen molar-refractivity contribution in [1.82, 2.24) is 0 Å². The van der Waals surface area contributed by atoms with E-state index in [2.05, 4.69) is 13.8 Å². The van der Waals surface area contributed by atoms with Crippen molar-refractivity contribution in [1.29, 1.82) is 0 Å². The van der Waals surface area contributed by atoms with Crippen molar-refractivity contribution < 1.29 is 32.3 Å². The molecule has 0 fully saturated rings. The lowest BCUT2D eigenvalue weighted by Crippen LogP contribution is -2.26. The van der Waals surface area contributed by atoms with E-state index in [1.54, 1.807) is 20.8 Å². The molecule has 40 heavy (non-hydrogen) atoms. The van der Waals surface area contributed by atoms with Crippen molar-refractivity contribution in [2.75, 3.05) is 6.26 Å². The van der Waals surface area contributed by atoms with Gasteiger partial charge in [0.25, 0.3) is 0 Å². The summed E-state index contributed by atoms with van der Waals surface area (Å²) in [4.78, 5) is 31.8. The van der Waals surface area contributed by atoms with Gasteiger partial charge in [0.05, 0.1) is 23.2 Å². The van der Waals surface area contributed by atoms with E-state index in [1.807, 2.05) is 76.2 Å². The Labute approximate surface area is 254 Å². The first-order valence-corrected chi connectivity index (χ1v) is 14.4. The number of carbonyl (C=O) groups is 3. The zero-order valence-electron chi connectivity index (χ0n) is 25.9. The summed E-state index contributed by atoms with van der Waals surface area (Å²) in [5, 5.41) is -0.229. The van der Waals surface area contributed by atoms with Crippen LogP contribution < -0.4 is 0 Å². The fraction of sp³-hybridized carbons (Fsp3) is 0.906. The maximum absolute atomic E-state index is 10.9. The smallest absolute Gasteiger partial charge is 0.308 e. The second-order valence-corrected chi connectivity index (χ2v) is 13.3. The highest BCUT2D eigenvalue weighted by Gasteiger charge is 2.18. The normalized spacial score (nSPS) is 9.35. The van der Waals surface area contributed by atoms with Crippen LogP contribution in [0, 0.1) is 17.8 Å². The molecule has 7 nitrogen and oxygen atoms in total. The molecule has 0 saturated carbocycles. The largest absolute Gasteiger partial charge is 0.463 e. The quantitative estimate of drug-likeness (QED) is 0.287. The summed E-state index contributed by atoms with van der Waals surface area (Å²) >= 11 is 0. The van der Waals surface area contributed by atoms with Crippen LogP contribution in [0.4, 0.5) is 0 Å². The molecule has 0 aliphatic rings. The monoisotopic (exact) mass is 607 g/mol. The number of ether oxygens (including phenoxy) is 2. The molecule has 0 unspecified atom stereocenters. The van der Waals surface area contributed by atoms with Crippen LogP contribution in [0.3, 0.4) is 0 Å². The van der Waals surface area contributed by atoms with Crippen LogP contribution in [0.2, 0.25) is 0 Å². The molecule has 0 aromatic heterocycles. The summed E-state index contributed by atoms with van der Waals surface area (Å²) in [6.07, 6.45) is 2.50. The van der Waals surface area contributed by atoms with E-state index in [0.29, 0.717) is 0 Å². The zero-order valence-corrected chi connectivity index (χ0v) is 26.7. The number of ketones is 1. The molecule has 0 N–H and O–H groups in total. The van der Waals surface area contributed by atoms with Gasteiger partial charge >= 0.3 is 11.9 Å². The first kappa shape index (κ1) is 66.7. The Morgan fingerprint density at radius 1 is 0.650 bits per heavy atom. The van der Waals surface area contributed by atoms with E-state index >= 15 is 0 Å². The Balaban J connectivity index is -0.0000000353. The molecule has 0 amide bonds. The van der Waals surface area contributed by atoms with Crippen molar-refractivity contribution in [3.63, 3.8) is 0 Å². The SMILES string of the molecule is C.C.C.C.C.CC(=O)C(C)C.CC(C)C(=O)OC(C)(C)C.CC(C)OC(=O)C(C)C.CC(C)S(C)(=O)=O.CCC. The van der Waals surface area contributed by atoms with Crippen LogP contribution in [0.1, 0.15) is 154 Å². The van der Waals surface area contributed by atoms with Gasteiger partial charge in [-0.1, -0.05) is 98.9 Å². The summed E-state index contributed by atoms with van der Waals surface area (Å²) in [6.45, 7) is 29.6. The fourth-order valence-electron chi connectivity index (χ4n) is 0.788. The molecule has 0 heterocycles. The summed E-state index contributed by atoms with van der Waals surface area (Å²) in [5.41, 5.74) is -0.346. The first-order valence-electron chi connectivity index (χ1n) is 12.5. The van der Waals surface area contributed by atoms with Gasteiger partial charge in [-0.25, -0.2) is 8.42 Å². The average Bonchev–Trinajstić information content (AvgIpc) is 2.60. The molecule has 0 rings (SSSR count). The number of rotatable bonds is 5. The van der Waals surface area contributed by atoms with Crippen molar-refractivity contribution in [2.45, 2.75) is 171 Å². The van der Waals surface area contributed by atoms with Gasteiger partial charge in [0.2, 0.25) is 0 Å². The van der Waals surface area contributed by atoms with Crippen molar-refractivity contribution >= 4 is 27.6 Å². The van der Waals surface area contributed by atoms with Crippen LogP contribution in [-0.2, 0) is 33.7 Å². The predicted octanol–water partition coefficient (Wildman–Crippen LogP) is 9.85. The molecular formula is C32H78O7S. The molecule has 0 spiro atoms. The van der Waals surface area contributed by atoms with Crippen molar-refractivity contribution in [2.24, 2.45) is 17.8 Å². The predicted molar refractivity (Wildman–Crippen MR) is 182 cm³/mol. The van der Waals surface area contributed by atoms with Crippen molar-refractivity contribution in [3.05, 3.63) is 0 Å². The molecule has 0 aliphatic carbocycles. The fourth-order valence-corrected chi connectivity index (χ4v) is 0.788. The van der Waals surface area contributed by atoms with Gasteiger partial charge in [-0.2, -0.15) is 0 Å². The maximum atomic E-state index is 10.9. The van der Waals surface area contributed by atoms with Gasteiger partial charge in [-0.15, -0.1) is 0 Å². The van der Waals surface area contributed by atoms with E-state index in [-0.39, 0.29) is 89.6 Å². The van der Waals surface area contributed by atoms with Gasteiger partial charge in [0, 0.05) is 12.2 Å². The minimum absolute atomic E-state index is 0. The second kappa shape index (κ2) is 35.6. The standard InChI is InChI=1S/C8H16O2.C7H14O2.C5H10O.C4H10O2S.C3H8.5CH4/c1-6(2)7(9)10-8(3,4)5;1-5(2)7(8)9-6(3)4;1-4(2)5(3)6;1-4(2)7(3,5)6;1-3-2;;;;;/h6H,1-5H3;5-6H,1-4H3;4H,1-3H3;4H,1-3H3;3H2,1-2H3;5*1H4. The summed E-state index contributed by atoms with van der Waals surface area (Å²) < 4.78 is 30.6. The van der Waals surface area contributed by atoms with Gasteiger partial charge in [0.1, 0.15) is 21.2 Å². The molecule has 8 heteroatoms. The second-order valence-electron chi connectivity index (χ2n) is 10.7. The van der Waals surface area contributed by atoms with E-state index in [9.17, 15) is 22.8 Å². The molecule has 0 saturated heterocycles. The van der Waals surface area contributed by atoms with Gasteiger partial charge in [0.15, 0.2) is 0 Å². The molecule has 0 aliphatic heterocycles. The number of sulfone groups is 1. The molecule has 0 aromatic rings. The Bertz CT molecular complexity index is 641. The highest BCUT2D eigenvalue weighted by molar-refractivity contribution is 7.91. The number of esters is 2. The third kappa shape index (κ3) is 70.8. The van der Waals surface area contributed by atoms with Crippen LogP contribution in [0.25, 0.3) is 0 Å². The van der Waals surface area contributed by atoms with Crippen LogP contribution in [0.15, 0.2) is 0 Å². The van der Waals surface area contributed by atoms with Crippen LogP contribution in [-0.4, -0.2) is 49.4 Å². The van der Waals surface area contributed by atoms with E-state index in [0.717, 1.165) is 0 Å². The Morgan fingerprint density at radius 3 is 0.925 bits per heavy atom.